The molecule has 18 heavy (non-hydrogen) atoms. The van der Waals surface area contributed by atoms with Gasteiger partial charge in [0.1, 0.15) is 0 Å². The Morgan fingerprint density at radius 1 is 1.39 bits per heavy atom. The quantitative estimate of drug-likeness (QED) is 0.760. The molecule has 94 valence electrons. The van der Waals surface area contributed by atoms with E-state index in [-0.39, 0.29) is 0 Å². The number of carbonyl (C=O) groups excluding carboxylic acids is 1. The Kier molecular flexibility index (Phi) is 2.93. The van der Waals surface area contributed by atoms with Gasteiger partial charge in [-0.1, -0.05) is 18.2 Å². The minimum atomic E-state index is -1.21. The highest BCUT2D eigenvalue weighted by molar-refractivity contribution is 5.87. The van der Waals surface area contributed by atoms with E-state index in [1.165, 1.54) is 4.57 Å². The standard InChI is InChI=1S/C12H13N3O3/c1-7-6-15(9-5-3-2-4-8(7)9)10(11(16)17)14-12(13)18/h2-6,10H,1H3,(H,16,17)(H3,13,14,18). The first kappa shape index (κ1) is 12.0. The Balaban J connectivity index is 2.57. The first-order valence-corrected chi connectivity index (χ1v) is 5.35. The predicted molar refractivity (Wildman–Crippen MR) is 66.1 cm³/mol. The molecule has 0 aliphatic carbocycles. The summed E-state index contributed by atoms with van der Waals surface area (Å²) in [6.07, 6.45) is 0.473. The molecular formula is C12H13N3O3. The van der Waals surface area contributed by atoms with Crippen molar-refractivity contribution in [3.8, 4) is 0 Å². The maximum absolute atomic E-state index is 11.2. The number of aryl methyl sites for hydroxylation is 1. The topological polar surface area (TPSA) is 97.4 Å². The van der Waals surface area contributed by atoms with Crippen molar-refractivity contribution in [2.45, 2.75) is 13.1 Å². The van der Waals surface area contributed by atoms with Crippen molar-refractivity contribution in [1.29, 1.82) is 0 Å². The summed E-state index contributed by atoms with van der Waals surface area (Å²) in [5.41, 5.74) is 6.66. The number of hydrogen-bond donors (Lipinski definition) is 3. The molecule has 2 aromatic rings. The minimum absolute atomic E-state index is 0.733. The average Bonchev–Trinajstić information content (AvgIpc) is 2.64. The summed E-state index contributed by atoms with van der Waals surface area (Å²) in [7, 11) is 0. The number of carbonyl (C=O) groups is 2. The second-order valence-corrected chi connectivity index (χ2v) is 3.99. The Morgan fingerprint density at radius 2 is 2.06 bits per heavy atom. The molecule has 0 bridgehead atoms. The summed E-state index contributed by atoms with van der Waals surface area (Å²) >= 11 is 0. The smallest absolute Gasteiger partial charge is 0.347 e. The first-order valence-electron chi connectivity index (χ1n) is 5.35. The van der Waals surface area contributed by atoms with Crippen LogP contribution < -0.4 is 11.1 Å². The molecule has 0 saturated carbocycles. The van der Waals surface area contributed by atoms with E-state index in [9.17, 15) is 9.59 Å². The number of fused-ring (bicyclic) bond motifs is 1. The van der Waals surface area contributed by atoms with Crippen molar-refractivity contribution in [1.82, 2.24) is 9.88 Å². The maximum Gasteiger partial charge on any atom is 0.347 e. The molecule has 0 fully saturated rings. The predicted octanol–water partition coefficient (Wildman–Crippen LogP) is 1.20. The van der Waals surface area contributed by atoms with Crippen LogP contribution in [-0.2, 0) is 4.79 Å². The average molecular weight is 247 g/mol. The number of primary amides is 1. The molecule has 0 radical (unpaired) electrons. The summed E-state index contributed by atoms with van der Waals surface area (Å²) < 4.78 is 1.48. The molecule has 6 heteroatoms. The number of rotatable bonds is 3. The Hall–Kier alpha value is -2.50. The molecule has 1 atom stereocenters. The zero-order valence-electron chi connectivity index (χ0n) is 9.75. The van der Waals surface area contributed by atoms with Crippen molar-refractivity contribution in [2.75, 3.05) is 0 Å². The summed E-state index contributed by atoms with van der Waals surface area (Å²) in [6.45, 7) is 1.88. The van der Waals surface area contributed by atoms with Gasteiger partial charge in [-0.2, -0.15) is 0 Å². The highest BCUT2D eigenvalue weighted by Gasteiger charge is 2.22. The fourth-order valence-corrected chi connectivity index (χ4v) is 1.98. The highest BCUT2D eigenvalue weighted by atomic mass is 16.4. The molecule has 2 rings (SSSR count). The van der Waals surface area contributed by atoms with Crippen LogP contribution in [0.2, 0.25) is 0 Å². The largest absolute Gasteiger partial charge is 0.478 e. The monoisotopic (exact) mass is 247 g/mol. The molecular weight excluding hydrogens is 234 g/mol. The van der Waals surface area contributed by atoms with Gasteiger partial charge < -0.3 is 20.7 Å². The van der Waals surface area contributed by atoms with Gasteiger partial charge >= 0.3 is 12.0 Å². The summed E-state index contributed by atoms with van der Waals surface area (Å²) in [4.78, 5) is 22.1. The zero-order chi connectivity index (χ0) is 13.3. The third kappa shape index (κ3) is 2.00. The van der Waals surface area contributed by atoms with Gasteiger partial charge in [0.15, 0.2) is 0 Å². The minimum Gasteiger partial charge on any atom is -0.478 e. The van der Waals surface area contributed by atoms with Gasteiger partial charge in [-0.25, -0.2) is 9.59 Å². The lowest BCUT2D eigenvalue weighted by Gasteiger charge is -2.15. The number of carboxylic acid groups (broad SMARTS) is 1. The van der Waals surface area contributed by atoms with E-state index in [4.69, 9.17) is 10.8 Å². The van der Waals surface area contributed by atoms with E-state index in [1.807, 2.05) is 19.1 Å². The van der Waals surface area contributed by atoms with Crippen molar-refractivity contribution >= 4 is 22.9 Å². The van der Waals surface area contributed by atoms with E-state index in [0.717, 1.165) is 16.5 Å². The molecule has 6 nitrogen and oxygen atoms in total. The van der Waals surface area contributed by atoms with Gasteiger partial charge in [-0.15, -0.1) is 0 Å². The van der Waals surface area contributed by atoms with Gasteiger partial charge in [0.05, 0.1) is 5.52 Å². The number of amides is 2. The zero-order valence-corrected chi connectivity index (χ0v) is 9.75. The van der Waals surface area contributed by atoms with Gasteiger partial charge in [0, 0.05) is 11.6 Å². The Morgan fingerprint density at radius 3 is 2.67 bits per heavy atom. The number of carboxylic acids is 1. The normalized spacial score (nSPS) is 12.3. The Labute approximate surface area is 103 Å². The van der Waals surface area contributed by atoms with Gasteiger partial charge in [0.2, 0.25) is 6.17 Å². The summed E-state index contributed by atoms with van der Waals surface area (Å²) in [5.74, 6) is -1.17. The van der Waals surface area contributed by atoms with E-state index in [0.29, 0.717) is 0 Å². The molecule has 1 unspecified atom stereocenters. The number of para-hydroxylation sites is 1. The number of nitrogens with two attached hydrogens (primary N) is 1. The van der Waals surface area contributed by atoms with Gasteiger partial charge in [-0.3, -0.25) is 0 Å². The molecule has 0 aliphatic rings. The SMILES string of the molecule is Cc1cn(C(NC(N)=O)C(=O)O)c2ccccc12. The number of hydrogen-bond acceptors (Lipinski definition) is 2. The third-order valence-corrected chi connectivity index (χ3v) is 2.73. The summed E-state index contributed by atoms with van der Waals surface area (Å²) in [6, 6.07) is 6.49. The number of urea groups is 1. The fourth-order valence-electron chi connectivity index (χ4n) is 1.98. The molecule has 0 spiro atoms. The van der Waals surface area contributed by atoms with Crippen LogP contribution in [0.4, 0.5) is 4.79 Å². The second kappa shape index (κ2) is 4.40. The van der Waals surface area contributed by atoms with E-state index >= 15 is 0 Å². The highest BCUT2D eigenvalue weighted by Crippen LogP contribution is 2.23. The van der Waals surface area contributed by atoms with E-state index in [1.54, 1.807) is 18.3 Å². The first-order chi connectivity index (χ1) is 8.50. The van der Waals surface area contributed by atoms with Crippen molar-refractivity contribution in [2.24, 2.45) is 5.73 Å². The molecule has 1 aromatic carbocycles. The van der Waals surface area contributed by atoms with Crippen LogP contribution in [0.15, 0.2) is 30.5 Å². The fraction of sp³-hybridized carbons (Fsp3) is 0.167. The van der Waals surface area contributed by atoms with Crippen LogP contribution in [0.3, 0.4) is 0 Å². The lowest BCUT2D eigenvalue weighted by atomic mass is 10.2. The number of aliphatic carboxylic acids is 1. The van der Waals surface area contributed by atoms with Gasteiger partial charge in [0.25, 0.3) is 0 Å². The lowest BCUT2D eigenvalue weighted by molar-refractivity contribution is -0.141. The van der Waals surface area contributed by atoms with Crippen LogP contribution in [0.1, 0.15) is 11.7 Å². The van der Waals surface area contributed by atoms with Crippen molar-refractivity contribution in [3.05, 3.63) is 36.0 Å². The van der Waals surface area contributed by atoms with Crippen LogP contribution in [0, 0.1) is 6.92 Å². The van der Waals surface area contributed by atoms with Crippen LogP contribution >= 0.6 is 0 Å². The molecule has 2 amide bonds. The summed E-state index contributed by atoms with van der Waals surface area (Å²) in [5, 5.41) is 12.3. The van der Waals surface area contributed by atoms with Crippen molar-refractivity contribution in [3.63, 3.8) is 0 Å². The number of nitrogens with one attached hydrogen (secondary N) is 1. The van der Waals surface area contributed by atoms with Crippen LogP contribution in [0.5, 0.6) is 0 Å². The Bertz CT molecular complexity index is 618. The third-order valence-electron chi connectivity index (χ3n) is 2.73. The van der Waals surface area contributed by atoms with Crippen molar-refractivity contribution < 1.29 is 14.7 Å². The van der Waals surface area contributed by atoms with E-state index < -0.39 is 18.2 Å². The van der Waals surface area contributed by atoms with Gasteiger partial charge in [-0.05, 0) is 18.6 Å². The molecule has 0 saturated heterocycles. The molecule has 0 aliphatic heterocycles. The number of nitrogens with zero attached hydrogens (tertiary/aromatic N) is 1. The number of benzene rings is 1. The van der Waals surface area contributed by atoms with E-state index in [2.05, 4.69) is 5.32 Å². The van der Waals surface area contributed by atoms with Crippen LogP contribution in [0.25, 0.3) is 10.9 Å². The lowest BCUT2D eigenvalue weighted by Crippen LogP contribution is -2.40. The molecule has 4 N–H and O–H groups in total. The molecule has 1 aromatic heterocycles. The second-order valence-electron chi connectivity index (χ2n) is 3.99. The number of aromatic nitrogens is 1. The maximum atomic E-state index is 11.2. The molecule has 1 heterocycles. The van der Waals surface area contributed by atoms with Crippen LogP contribution in [-0.4, -0.2) is 21.7 Å².